The molecule has 2 heterocycles. The molecule has 0 aromatic heterocycles. The van der Waals surface area contributed by atoms with E-state index in [4.69, 9.17) is 9.47 Å². The number of carbonyl (C=O) groups is 1. The molecule has 0 bridgehead atoms. The highest BCUT2D eigenvalue weighted by Crippen LogP contribution is 2.28. The normalized spacial score (nSPS) is 40.9. The van der Waals surface area contributed by atoms with E-state index in [1.165, 1.54) is 31.2 Å². The Morgan fingerprint density at radius 1 is 1.47 bits per heavy atom. The van der Waals surface area contributed by atoms with Gasteiger partial charge in [-0.2, -0.15) is 0 Å². The Bertz CT molecular complexity index is 333. The van der Waals surface area contributed by atoms with Gasteiger partial charge in [0, 0.05) is 6.08 Å². The van der Waals surface area contributed by atoms with Crippen LogP contribution in [0, 0.1) is 0 Å². The minimum absolute atomic E-state index is 0.438. The fraction of sp³-hybridized carbons (Fsp3) is 0.500. The van der Waals surface area contributed by atoms with Gasteiger partial charge in [-0.15, -0.1) is 0 Å². The lowest BCUT2D eigenvalue weighted by molar-refractivity contribution is -0.253. The first kappa shape index (κ1) is 10.4. The monoisotopic (exact) mass is 212 g/mol. The van der Waals surface area contributed by atoms with Crippen LogP contribution in [0.3, 0.4) is 0 Å². The van der Waals surface area contributed by atoms with Crippen molar-refractivity contribution in [2.45, 2.75) is 31.0 Å². The Morgan fingerprint density at radius 3 is 2.87 bits per heavy atom. The molecule has 2 rings (SSSR count). The molecule has 0 spiro atoms. The maximum atomic E-state index is 10.9. The van der Waals surface area contributed by atoms with Crippen LogP contribution in [0.15, 0.2) is 24.3 Å². The number of hydrogen-bond donors (Lipinski definition) is 2. The highest BCUT2D eigenvalue weighted by molar-refractivity contribution is 5.83. The first-order valence-electron chi connectivity index (χ1n) is 4.68. The van der Waals surface area contributed by atoms with Crippen molar-refractivity contribution >= 4 is 5.97 Å². The number of ether oxygens (including phenoxy) is 2. The van der Waals surface area contributed by atoms with E-state index < -0.39 is 30.1 Å². The van der Waals surface area contributed by atoms with E-state index in [1.807, 2.05) is 0 Å². The molecule has 2 aliphatic rings. The molecular formula is C10H12O5. The molecule has 15 heavy (non-hydrogen) atoms. The van der Waals surface area contributed by atoms with Gasteiger partial charge in [0.1, 0.15) is 12.2 Å². The average Bonchev–Trinajstić information content (AvgIpc) is 2.18. The molecule has 0 radical (unpaired) electrons. The smallest absolute Gasteiger partial charge is 0.331 e. The Balaban J connectivity index is 2.21. The van der Waals surface area contributed by atoms with E-state index in [-0.39, 0.29) is 0 Å². The molecule has 0 fully saturated rings. The number of fused-ring (bicyclic) bond motifs is 1. The van der Waals surface area contributed by atoms with Crippen molar-refractivity contribution in [1.29, 1.82) is 0 Å². The van der Waals surface area contributed by atoms with E-state index in [2.05, 4.69) is 0 Å². The van der Waals surface area contributed by atoms with Gasteiger partial charge < -0.3 is 19.7 Å². The Hall–Kier alpha value is -1.17. The Kier molecular flexibility index (Phi) is 2.38. The number of aliphatic hydroxyl groups is 2. The summed E-state index contributed by atoms with van der Waals surface area (Å²) in [6, 6.07) is 0. The van der Waals surface area contributed by atoms with Crippen LogP contribution in [0.4, 0.5) is 0 Å². The molecule has 2 N–H and O–H groups in total. The van der Waals surface area contributed by atoms with Gasteiger partial charge in [0.25, 0.3) is 0 Å². The van der Waals surface area contributed by atoms with Gasteiger partial charge in [-0.05, 0) is 25.2 Å². The molecule has 2 aliphatic heterocycles. The van der Waals surface area contributed by atoms with Crippen LogP contribution < -0.4 is 0 Å². The minimum atomic E-state index is -1.71. The zero-order chi connectivity index (χ0) is 11.1. The fourth-order valence-corrected chi connectivity index (χ4v) is 1.51. The quantitative estimate of drug-likeness (QED) is 0.452. The van der Waals surface area contributed by atoms with Crippen LogP contribution in [-0.4, -0.2) is 40.3 Å². The van der Waals surface area contributed by atoms with Gasteiger partial charge in [-0.25, -0.2) is 4.79 Å². The van der Waals surface area contributed by atoms with Crippen molar-refractivity contribution in [3.8, 4) is 0 Å². The van der Waals surface area contributed by atoms with Gasteiger partial charge in [0.05, 0.1) is 0 Å². The SMILES string of the molecule is C[C@H](O)[C@]1(O)C=C[C@@H]2OC(=O)C=C[C@@H]2O1. The lowest BCUT2D eigenvalue weighted by Crippen LogP contribution is -2.51. The minimum Gasteiger partial charge on any atom is -0.452 e. The Morgan fingerprint density at radius 2 is 2.20 bits per heavy atom. The maximum absolute atomic E-state index is 10.9. The lowest BCUT2D eigenvalue weighted by atomic mass is 10.0. The summed E-state index contributed by atoms with van der Waals surface area (Å²) in [6.07, 6.45) is 3.43. The summed E-state index contributed by atoms with van der Waals surface area (Å²) in [5.74, 6) is -2.15. The standard InChI is InChI=1S/C10H12O5/c1-6(11)10(13)5-4-7-8(15-10)2-3-9(12)14-7/h2-8,11,13H,1H3/t6-,7-,8-,10-/m0/s1. The number of carbonyl (C=O) groups excluding carboxylic acids is 1. The molecule has 0 aliphatic carbocycles. The molecule has 0 amide bonds. The number of aliphatic hydroxyl groups excluding tert-OH is 1. The summed E-state index contributed by atoms with van der Waals surface area (Å²) in [5.41, 5.74) is 0. The molecule has 5 heteroatoms. The van der Waals surface area contributed by atoms with Crippen molar-refractivity contribution in [1.82, 2.24) is 0 Å². The molecule has 0 aromatic rings. The number of hydrogen-bond acceptors (Lipinski definition) is 5. The summed E-state index contributed by atoms with van der Waals surface area (Å²) < 4.78 is 10.2. The predicted molar refractivity (Wildman–Crippen MR) is 49.7 cm³/mol. The zero-order valence-corrected chi connectivity index (χ0v) is 8.16. The van der Waals surface area contributed by atoms with Crippen molar-refractivity contribution in [2.75, 3.05) is 0 Å². The predicted octanol–water partition coefficient (Wildman–Crippen LogP) is -0.508. The third kappa shape index (κ3) is 1.81. The number of rotatable bonds is 1. The highest BCUT2D eigenvalue weighted by atomic mass is 16.7. The molecule has 0 saturated carbocycles. The van der Waals surface area contributed by atoms with Crippen LogP contribution in [0.1, 0.15) is 6.92 Å². The van der Waals surface area contributed by atoms with E-state index in [1.54, 1.807) is 0 Å². The molecule has 0 unspecified atom stereocenters. The summed E-state index contributed by atoms with van der Waals surface area (Å²) >= 11 is 0. The fourth-order valence-electron chi connectivity index (χ4n) is 1.51. The van der Waals surface area contributed by atoms with E-state index in [9.17, 15) is 15.0 Å². The van der Waals surface area contributed by atoms with Gasteiger partial charge in [-0.3, -0.25) is 0 Å². The Labute approximate surface area is 86.6 Å². The van der Waals surface area contributed by atoms with Gasteiger partial charge in [0.15, 0.2) is 6.10 Å². The van der Waals surface area contributed by atoms with Crippen molar-refractivity contribution in [2.24, 2.45) is 0 Å². The van der Waals surface area contributed by atoms with Gasteiger partial charge >= 0.3 is 5.97 Å². The second-order valence-electron chi connectivity index (χ2n) is 3.63. The van der Waals surface area contributed by atoms with Crippen LogP contribution in [0.2, 0.25) is 0 Å². The van der Waals surface area contributed by atoms with Crippen LogP contribution in [0.5, 0.6) is 0 Å². The summed E-state index contributed by atoms with van der Waals surface area (Å²) in [4.78, 5) is 10.9. The first-order valence-corrected chi connectivity index (χ1v) is 4.68. The molecule has 0 saturated heterocycles. The van der Waals surface area contributed by atoms with Gasteiger partial charge in [-0.1, -0.05) is 0 Å². The van der Waals surface area contributed by atoms with Crippen LogP contribution >= 0.6 is 0 Å². The highest BCUT2D eigenvalue weighted by Gasteiger charge is 2.41. The third-order valence-electron chi connectivity index (χ3n) is 2.45. The van der Waals surface area contributed by atoms with Crippen molar-refractivity contribution in [3.05, 3.63) is 24.3 Å². The lowest BCUT2D eigenvalue weighted by Gasteiger charge is -2.38. The molecule has 82 valence electrons. The first-order chi connectivity index (χ1) is 7.01. The molecular weight excluding hydrogens is 200 g/mol. The molecule has 5 nitrogen and oxygen atoms in total. The molecule has 0 aromatic carbocycles. The largest absolute Gasteiger partial charge is 0.452 e. The maximum Gasteiger partial charge on any atom is 0.331 e. The zero-order valence-electron chi connectivity index (χ0n) is 8.16. The third-order valence-corrected chi connectivity index (χ3v) is 2.45. The second-order valence-corrected chi connectivity index (χ2v) is 3.63. The summed E-state index contributed by atoms with van der Waals surface area (Å²) in [6.45, 7) is 1.42. The second kappa shape index (κ2) is 3.44. The topological polar surface area (TPSA) is 76.0 Å². The van der Waals surface area contributed by atoms with E-state index in [0.29, 0.717) is 0 Å². The van der Waals surface area contributed by atoms with Crippen LogP contribution in [0.25, 0.3) is 0 Å². The van der Waals surface area contributed by atoms with Crippen molar-refractivity contribution in [3.63, 3.8) is 0 Å². The summed E-state index contributed by atoms with van der Waals surface area (Å²) in [5, 5.41) is 19.1. The number of esters is 1. The van der Waals surface area contributed by atoms with E-state index in [0.717, 1.165) is 0 Å². The summed E-state index contributed by atoms with van der Waals surface area (Å²) in [7, 11) is 0. The molecule has 4 atom stereocenters. The van der Waals surface area contributed by atoms with E-state index >= 15 is 0 Å². The van der Waals surface area contributed by atoms with Gasteiger partial charge in [0.2, 0.25) is 5.79 Å². The van der Waals surface area contributed by atoms with Crippen LogP contribution in [-0.2, 0) is 14.3 Å². The van der Waals surface area contributed by atoms with Crippen molar-refractivity contribution < 1.29 is 24.5 Å². The average molecular weight is 212 g/mol.